The van der Waals surface area contributed by atoms with Crippen LogP contribution in [-0.2, 0) is 4.79 Å². The van der Waals surface area contributed by atoms with Gasteiger partial charge in [-0.05, 0) is 24.5 Å². The van der Waals surface area contributed by atoms with Crippen LogP contribution in [0.5, 0.6) is 0 Å². The Balaban J connectivity index is 1.76. The molecule has 1 saturated carbocycles. The number of carbonyl (C=O) groups excluding carboxylic acids is 1. The van der Waals surface area contributed by atoms with E-state index in [1.807, 2.05) is 29.2 Å². The maximum atomic E-state index is 12.1. The van der Waals surface area contributed by atoms with E-state index >= 15 is 0 Å². The van der Waals surface area contributed by atoms with Gasteiger partial charge in [-0.15, -0.1) is 0 Å². The summed E-state index contributed by atoms with van der Waals surface area (Å²) in [4.78, 5) is 16.3. The summed E-state index contributed by atoms with van der Waals surface area (Å²) in [6.07, 6.45) is 10.8. The normalized spacial score (nSPS) is 22.1. The highest BCUT2D eigenvalue weighted by Crippen LogP contribution is 2.40. The van der Waals surface area contributed by atoms with Gasteiger partial charge in [0.15, 0.2) is 0 Å². The van der Waals surface area contributed by atoms with Crippen molar-refractivity contribution in [3.05, 3.63) is 41.9 Å². The summed E-state index contributed by atoms with van der Waals surface area (Å²) in [7, 11) is 0. The van der Waals surface area contributed by atoms with Crippen LogP contribution in [0.3, 0.4) is 0 Å². The van der Waals surface area contributed by atoms with Crippen molar-refractivity contribution >= 4 is 11.7 Å². The minimum Gasteiger partial charge on any atom is -0.311 e. The molecule has 0 spiro atoms. The van der Waals surface area contributed by atoms with Crippen LogP contribution in [0.15, 0.2) is 30.7 Å². The fraction of sp³-hybridized carbons (Fsp3) is 0.438. The molecule has 5 nitrogen and oxygen atoms in total. The maximum absolute atomic E-state index is 12.1. The summed E-state index contributed by atoms with van der Waals surface area (Å²) < 4.78 is 2.03. The first-order chi connectivity index (χ1) is 10.3. The molecule has 21 heavy (non-hydrogen) atoms. The Hall–Kier alpha value is -2.17. The second-order valence-electron chi connectivity index (χ2n) is 5.92. The Morgan fingerprint density at radius 1 is 1.24 bits per heavy atom. The molecular weight excluding hydrogens is 264 g/mol. The van der Waals surface area contributed by atoms with Crippen LogP contribution < -0.4 is 5.32 Å². The molecule has 0 radical (unpaired) electrons. The van der Waals surface area contributed by atoms with E-state index in [0.29, 0.717) is 12.5 Å². The minimum absolute atomic E-state index is 0.0658. The second-order valence-corrected chi connectivity index (χ2v) is 5.92. The number of carbonyl (C=O) groups is 1. The standard InChI is InChI=1S/C16H18N4O/c21-15-8-13(11-4-3-7-17-9-11)14-10-18-20(16(14)19-15)12-5-1-2-6-12/h3-4,7,9-10,12-13H,1-2,5-6,8H2,(H,19,21). The fourth-order valence-electron chi connectivity index (χ4n) is 3.54. The van der Waals surface area contributed by atoms with Crippen molar-refractivity contribution in [1.29, 1.82) is 0 Å². The van der Waals surface area contributed by atoms with Gasteiger partial charge in [-0.25, -0.2) is 4.68 Å². The van der Waals surface area contributed by atoms with Gasteiger partial charge < -0.3 is 5.32 Å². The molecule has 5 heteroatoms. The maximum Gasteiger partial charge on any atom is 0.226 e. The molecule has 1 amide bonds. The van der Waals surface area contributed by atoms with Gasteiger partial charge in [0.25, 0.3) is 0 Å². The molecule has 1 N–H and O–H groups in total. The number of amides is 1. The number of aromatic nitrogens is 3. The summed E-state index contributed by atoms with van der Waals surface area (Å²) in [5.41, 5.74) is 2.20. The van der Waals surface area contributed by atoms with E-state index < -0.39 is 0 Å². The van der Waals surface area contributed by atoms with Crippen LogP contribution in [0, 0.1) is 0 Å². The third-order valence-corrected chi connectivity index (χ3v) is 4.60. The van der Waals surface area contributed by atoms with Crippen LogP contribution in [0.4, 0.5) is 5.82 Å². The number of hydrogen-bond donors (Lipinski definition) is 1. The van der Waals surface area contributed by atoms with E-state index in [0.717, 1.165) is 29.8 Å². The number of anilines is 1. The Kier molecular flexibility index (Phi) is 2.98. The zero-order chi connectivity index (χ0) is 14.2. The van der Waals surface area contributed by atoms with Gasteiger partial charge in [0.05, 0.1) is 12.2 Å². The molecular formula is C16H18N4O. The number of pyridine rings is 1. The molecule has 1 unspecified atom stereocenters. The first-order valence-electron chi connectivity index (χ1n) is 7.60. The highest BCUT2D eigenvalue weighted by atomic mass is 16.1. The number of nitrogens with zero attached hydrogens (tertiary/aromatic N) is 3. The van der Waals surface area contributed by atoms with Crippen molar-refractivity contribution in [2.45, 2.75) is 44.1 Å². The first-order valence-corrected chi connectivity index (χ1v) is 7.60. The lowest BCUT2D eigenvalue weighted by Crippen LogP contribution is -2.25. The van der Waals surface area contributed by atoms with Crippen LogP contribution in [0.2, 0.25) is 0 Å². The monoisotopic (exact) mass is 282 g/mol. The van der Waals surface area contributed by atoms with Gasteiger partial charge >= 0.3 is 0 Å². The van der Waals surface area contributed by atoms with Crippen molar-refractivity contribution < 1.29 is 4.79 Å². The van der Waals surface area contributed by atoms with Crippen molar-refractivity contribution in [2.24, 2.45) is 0 Å². The summed E-state index contributed by atoms with van der Waals surface area (Å²) in [5.74, 6) is 1.03. The third-order valence-electron chi connectivity index (χ3n) is 4.60. The molecule has 2 aliphatic rings. The lowest BCUT2D eigenvalue weighted by Gasteiger charge is -2.24. The third kappa shape index (κ3) is 2.13. The molecule has 1 atom stereocenters. The van der Waals surface area contributed by atoms with Crippen molar-refractivity contribution in [3.63, 3.8) is 0 Å². The Morgan fingerprint density at radius 2 is 2.10 bits per heavy atom. The predicted molar refractivity (Wildman–Crippen MR) is 79.1 cm³/mol. The van der Waals surface area contributed by atoms with E-state index in [2.05, 4.69) is 15.4 Å². The van der Waals surface area contributed by atoms with Crippen molar-refractivity contribution in [2.75, 3.05) is 5.32 Å². The smallest absolute Gasteiger partial charge is 0.226 e. The Labute approximate surface area is 123 Å². The molecule has 1 aliphatic carbocycles. The van der Waals surface area contributed by atoms with Gasteiger partial charge in [-0.2, -0.15) is 5.10 Å². The van der Waals surface area contributed by atoms with E-state index in [9.17, 15) is 4.79 Å². The van der Waals surface area contributed by atoms with Crippen LogP contribution in [0.1, 0.15) is 55.2 Å². The average molecular weight is 282 g/mol. The van der Waals surface area contributed by atoms with Gasteiger partial charge in [0.2, 0.25) is 5.91 Å². The van der Waals surface area contributed by atoms with Gasteiger partial charge in [-0.3, -0.25) is 9.78 Å². The first kappa shape index (κ1) is 12.6. The van der Waals surface area contributed by atoms with Crippen LogP contribution in [0.25, 0.3) is 0 Å². The van der Waals surface area contributed by atoms with Crippen LogP contribution in [-0.4, -0.2) is 20.7 Å². The molecule has 2 aromatic rings. The number of hydrogen-bond acceptors (Lipinski definition) is 3. The van der Waals surface area contributed by atoms with E-state index in [1.54, 1.807) is 6.20 Å². The molecule has 1 fully saturated rings. The number of nitrogens with one attached hydrogen (secondary N) is 1. The molecule has 1 aliphatic heterocycles. The molecule has 108 valence electrons. The highest BCUT2D eigenvalue weighted by Gasteiger charge is 2.32. The van der Waals surface area contributed by atoms with E-state index in [-0.39, 0.29) is 11.8 Å². The second kappa shape index (κ2) is 4.98. The molecule has 4 rings (SSSR count). The van der Waals surface area contributed by atoms with E-state index in [4.69, 9.17) is 0 Å². The largest absolute Gasteiger partial charge is 0.311 e. The lowest BCUT2D eigenvalue weighted by molar-refractivity contribution is -0.116. The Bertz CT molecular complexity index is 658. The quantitative estimate of drug-likeness (QED) is 0.921. The molecule has 0 aromatic carbocycles. The summed E-state index contributed by atoms with van der Waals surface area (Å²) >= 11 is 0. The van der Waals surface area contributed by atoms with Gasteiger partial charge in [-0.1, -0.05) is 18.9 Å². The van der Waals surface area contributed by atoms with Gasteiger partial charge in [0.1, 0.15) is 5.82 Å². The molecule has 0 bridgehead atoms. The zero-order valence-corrected chi connectivity index (χ0v) is 11.8. The van der Waals surface area contributed by atoms with E-state index in [1.165, 1.54) is 12.8 Å². The molecule has 0 saturated heterocycles. The van der Waals surface area contributed by atoms with Crippen molar-refractivity contribution in [3.8, 4) is 0 Å². The minimum atomic E-state index is 0.0658. The predicted octanol–water partition coefficient (Wildman–Crippen LogP) is 2.87. The molecule has 3 heterocycles. The SMILES string of the molecule is O=C1CC(c2cccnc2)c2cnn(C3CCCC3)c2N1. The van der Waals surface area contributed by atoms with Gasteiger partial charge in [0, 0.05) is 30.3 Å². The summed E-state index contributed by atoms with van der Waals surface area (Å²) in [6.45, 7) is 0. The fourth-order valence-corrected chi connectivity index (χ4v) is 3.54. The summed E-state index contributed by atoms with van der Waals surface area (Å²) in [6, 6.07) is 4.39. The molecule has 2 aromatic heterocycles. The number of rotatable bonds is 2. The van der Waals surface area contributed by atoms with Crippen LogP contribution >= 0.6 is 0 Å². The summed E-state index contributed by atoms with van der Waals surface area (Å²) in [5, 5.41) is 7.60. The topological polar surface area (TPSA) is 59.8 Å². The highest BCUT2D eigenvalue weighted by molar-refractivity contribution is 5.94. The average Bonchev–Trinajstić information content (AvgIpc) is 3.15. The zero-order valence-electron chi connectivity index (χ0n) is 11.8. The van der Waals surface area contributed by atoms with Crippen molar-refractivity contribution in [1.82, 2.24) is 14.8 Å². The Morgan fingerprint density at radius 3 is 2.86 bits per heavy atom. The number of fused-ring (bicyclic) bond motifs is 1. The lowest BCUT2D eigenvalue weighted by atomic mass is 9.88.